The Bertz CT molecular complexity index is 513. The van der Waals surface area contributed by atoms with Gasteiger partial charge in [-0.3, -0.25) is 4.90 Å². The smallest absolute Gasteiger partial charge is 0.410 e. The lowest BCUT2D eigenvalue weighted by molar-refractivity contribution is -0.00391. The molecule has 0 aliphatic carbocycles. The van der Waals surface area contributed by atoms with Crippen LogP contribution in [0.4, 0.5) is 4.79 Å². The molecule has 29 heavy (non-hydrogen) atoms. The molecule has 0 unspecified atom stereocenters. The second kappa shape index (κ2) is 10.4. The van der Waals surface area contributed by atoms with Crippen LogP contribution in [0.15, 0.2) is 0 Å². The summed E-state index contributed by atoms with van der Waals surface area (Å²) in [5, 5.41) is 3.79. The van der Waals surface area contributed by atoms with Gasteiger partial charge in [-0.2, -0.15) is 0 Å². The van der Waals surface area contributed by atoms with Crippen LogP contribution in [-0.4, -0.2) is 92.2 Å². The molecule has 3 rings (SSSR count). The largest absolute Gasteiger partial charge is 0.444 e. The molecule has 7 heteroatoms. The fourth-order valence-electron chi connectivity index (χ4n) is 4.83. The molecule has 0 radical (unpaired) electrons. The molecule has 168 valence electrons. The average molecular weight is 412 g/mol. The van der Waals surface area contributed by atoms with Gasteiger partial charge in [-0.05, 0) is 53.4 Å². The Morgan fingerprint density at radius 2 is 1.86 bits per heavy atom. The van der Waals surface area contributed by atoms with Crippen molar-refractivity contribution >= 4 is 6.09 Å². The van der Waals surface area contributed by atoms with Crippen LogP contribution in [-0.2, 0) is 14.2 Å². The molecule has 0 bridgehead atoms. The number of morpholine rings is 1. The van der Waals surface area contributed by atoms with Crippen molar-refractivity contribution in [3.05, 3.63) is 0 Å². The second-order valence-electron chi connectivity index (χ2n) is 9.77. The van der Waals surface area contributed by atoms with E-state index >= 15 is 0 Å². The van der Waals surface area contributed by atoms with Crippen molar-refractivity contribution in [3.8, 4) is 0 Å². The van der Waals surface area contributed by atoms with E-state index in [1.54, 1.807) is 0 Å². The number of rotatable bonds is 6. The Hall–Kier alpha value is -0.890. The number of carbonyl (C=O) groups excluding carboxylic acids is 1. The number of likely N-dealkylation sites (tertiary alicyclic amines) is 1. The molecular formula is C22H41N3O4. The maximum absolute atomic E-state index is 12.8. The quantitative estimate of drug-likeness (QED) is 0.725. The number of nitrogens with zero attached hydrogens (tertiary/aromatic N) is 2. The van der Waals surface area contributed by atoms with Crippen molar-refractivity contribution in [3.63, 3.8) is 0 Å². The molecule has 3 fully saturated rings. The van der Waals surface area contributed by atoms with Gasteiger partial charge in [0.05, 0.1) is 25.9 Å². The first kappa shape index (κ1) is 22.8. The summed E-state index contributed by atoms with van der Waals surface area (Å²) in [5.74, 6) is 0.570. The summed E-state index contributed by atoms with van der Waals surface area (Å²) in [6, 6.07) is 0.875. The molecule has 0 aromatic carbocycles. The number of amides is 1. The summed E-state index contributed by atoms with van der Waals surface area (Å²) in [7, 11) is 0. The van der Waals surface area contributed by atoms with E-state index in [4.69, 9.17) is 14.2 Å². The van der Waals surface area contributed by atoms with Gasteiger partial charge < -0.3 is 24.4 Å². The summed E-state index contributed by atoms with van der Waals surface area (Å²) < 4.78 is 16.9. The van der Waals surface area contributed by atoms with E-state index in [1.807, 2.05) is 25.7 Å². The van der Waals surface area contributed by atoms with Gasteiger partial charge in [0.2, 0.25) is 0 Å². The van der Waals surface area contributed by atoms with Gasteiger partial charge in [-0.1, -0.05) is 0 Å². The van der Waals surface area contributed by atoms with Crippen LogP contribution in [0.5, 0.6) is 0 Å². The van der Waals surface area contributed by atoms with E-state index in [9.17, 15) is 4.79 Å². The van der Waals surface area contributed by atoms with Crippen LogP contribution in [0.3, 0.4) is 0 Å². The molecule has 0 aromatic heterocycles. The van der Waals surface area contributed by atoms with Crippen molar-refractivity contribution in [1.29, 1.82) is 0 Å². The van der Waals surface area contributed by atoms with Crippen LogP contribution in [0.25, 0.3) is 0 Å². The first-order valence-electron chi connectivity index (χ1n) is 11.5. The lowest BCUT2D eigenvalue weighted by Crippen LogP contribution is -2.57. The second-order valence-corrected chi connectivity index (χ2v) is 9.77. The van der Waals surface area contributed by atoms with Crippen LogP contribution in [0.1, 0.15) is 53.4 Å². The standard InChI is InChI=1S/C22H41N3O4/c1-17(19-7-5-6-9-25(19)21(26)29-22(2,3)4)23-15-20(18-8-12-28-16-18)24-10-13-27-14-11-24/h17-20,23H,5-16H2,1-4H3/t17-,18+,19-,20+/m0/s1. The third-order valence-electron chi connectivity index (χ3n) is 6.43. The van der Waals surface area contributed by atoms with Crippen LogP contribution in [0, 0.1) is 5.92 Å². The van der Waals surface area contributed by atoms with E-state index in [-0.39, 0.29) is 18.2 Å². The molecular weight excluding hydrogens is 370 g/mol. The number of hydrogen-bond donors (Lipinski definition) is 1. The molecule has 0 spiro atoms. The number of ether oxygens (including phenoxy) is 3. The highest BCUT2D eigenvalue weighted by Gasteiger charge is 2.36. The summed E-state index contributed by atoms with van der Waals surface area (Å²) >= 11 is 0. The Labute approximate surface area is 176 Å². The summed E-state index contributed by atoms with van der Waals surface area (Å²) in [4.78, 5) is 17.3. The SMILES string of the molecule is C[C@H](NC[C@H]([C@@H]1CCOC1)N1CCOCC1)[C@@H]1CCCCN1C(=O)OC(C)(C)C. The third kappa shape index (κ3) is 6.54. The van der Waals surface area contributed by atoms with Crippen molar-refractivity contribution in [2.45, 2.75) is 77.1 Å². The normalized spacial score (nSPS) is 28.9. The van der Waals surface area contributed by atoms with E-state index in [0.717, 1.165) is 71.9 Å². The van der Waals surface area contributed by atoms with E-state index < -0.39 is 5.60 Å². The Morgan fingerprint density at radius 1 is 1.10 bits per heavy atom. The van der Waals surface area contributed by atoms with Crippen LogP contribution >= 0.6 is 0 Å². The van der Waals surface area contributed by atoms with E-state index in [1.165, 1.54) is 6.42 Å². The zero-order valence-electron chi connectivity index (χ0n) is 18.8. The molecule has 3 aliphatic heterocycles. The summed E-state index contributed by atoms with van der Waals surface area (Å²) in [6.45, 7) is 15.1. The first-order valence-corrected chi connectivity index (χ1v) is 11.5. The highest BCUT2D eigenvalue weighted by atomic mass is 16.6. The monoisotopic (exact) mass is 411 g/mol. The maximum atomic E-state index is 12.8. The number of hydrogen-bond acceptors (Lipinski definition) is 6. The molecule has 3 saturated heterocycles. The first-order chi connectivity index (χ1) is 13.8. The molecule has 1 N–H and O–H groups in total. The van der Waals surface area contributed by atoms with Crippen molar-refractivity contribution < 1.29 is 19.0 Å². The predicted molar refractivity (Wildman–Crippen MR) is 113 cm³/mol. The molecule has 0 saturated carbocycles. The van der Waals surface area contributed by atoms with Crippen molar-refractivity contribution in [1.82, 2.24) is 15.1 Å². The maximum Gasteiger partial charge on any atom is 0.410 e. The van der Waals surface area contributed by atoms with Crippen LogP contribution in [0.2, 0.25) is 0 Å². The van der Waals surface area contributed by atoms with Gasteiger partial charge in [0, 0.05) is 50.8 Å². The highest BCUT2D eigenvalue weighted by Crippen LogP contribution is 2.25. The van der Waals surface area contributed by atoms with Gasteiger partial charge in [0.15, 0.2) is 0 Å². The van der Waals surface area contributed by atoms with Gasteiger partial charge in [0.25, 0.3) is 0 Å². The lowest BCUT2D eigenvalue weighted by atomic mass is 9.94. The van der Waals surface area contributed by atoms with E-state index in [2.05, 4.69) is 17.1 Å². The minimum absolute atomic E-state index is 0.176. The van der Waals surface area contributed by atoms with Crippen LogP contribution < -0.4 is 5.32 Å². The Morgan fingerprint density at radius 3 is 2.52 bits per heavy atom. The minimum Gasteiger partial charge on any atom is -0.444 e. The molecule has 0 aromatic rings. The Balaban J connectivity index is 1.59. The average Bonchev–Trinajstić information content (AvgIpc) is 3.22. The zero-order chi connectivity index (χ0) is 20.9. The molecule has 7 nitrogen and oxygen atoms in total. The number of nitrogens with one attached hydrogen (secondary N) is 1. The zero-order valence-corrected chi connectivity index (χ0v) is 18.8. The van der Waals surface area contributed by atoms with Crippen molar-refractivity contribution in [2.75, 3.05) is 52.6 Å². The van der Waals surface area contributed by atoms with E-state index in [0.29, 0.717) is 12.0 Å². The predicted octanol–water partition coefficient (Wildman–Crippen LogP) is 2.49. The molecule has 4 atom stereocenters. The molecule has 3 heterocycles. The van der Waals surface area contributed by atoms with Gasteiger partial charge >= 0.3 is 6.09 Å². The summed E-state index contributed by atoms with van der Waals surface area (Å²) in [6.07, 6.45) is 4.20. The fourth-order valence-corrected chi connectivity index (χ4v) is 4.83. The topological polar surface area (TPSA) is 63.3 Å². The van der Waals surface area contributed by atoms with Gasteiger partial charge in [-0.15, -0.1) is 0 Å². The third-order valence-corrected chi connectivity index (χ3v) is 6.43. The van der Waals surface area contributed by atoms with Gasteiger partial charge in [0.1, 0.15) is 5.60 Å². The van der Waals surface area contributed by atoms with Gasteiger partial charge in [-0.25, -0.2) is 4.79 Å². The Kier molecular flexibility index (Phi) is 8.19. The highest BCUT2D eigenvalue weighted by molar-refractivity contribution is 5.68. The minimum atomic E-state index is -0.459. The number of carbonyl (C=O) groups is 1. The molecule has 3 aliphatic rings. The number of piperidine rings is 1. The lowest BCUT2D eigenvalue weighted by Gasteiger charge is -2.42. The fraction of sp³-hybridized carbons (Fsp3) is 0.955. The summed E-state index contributed by atoms with van der Waals surface area (Å²) in [5.41, 5.74) is -0.459. The van der Waals surface area contributed by atoms with Crippen molar-refractivity contribution in [2.24, 2.45) is 5.92 Å². The molecule has 1 amide bonds.